The number of carbonyl (C=O) groups excluding carboxylic acids is 1. The number of nitrogens with one attached hydrogen (secondary N) is 1. The van der Waals surface area contributed by atoms with Crippen molar-refractivity contribution in [2.45, 2.75) is 13.1 Å². The Morgan fingerprint density at radius 2 is 1.84 bits per heavy atom. The quantitative estimate of drug-likeness (QED) is 0.506. The van der Waals surface area contributed by atoms with Gasteiger partial charge in [-0.15, -0.1) is 0 Å². The maximum atomic E-state index is 13.1. The third-order valence-electron chi connectivity index (χ3n) is 4.39. The van der Waals surface area contributed by atoms with Gasteiger partial charge in [0.15, 0.2) is 11.5 Å². The Morgan fingerprint density at radius 1 is 1.10 bits per heavy atom. The van der Waals surface area contributed by atoms with Crippen molar-refractivity contribution in [1.82, 2.24) is 19.7 Å². The molecular weight excluding hydrogens is 411 g/mol. The second-order valence-electron chi connectivity index (χ2n) is 6.74. The number of alkyl halides is 3. The van der Waals surface area contributed by atoms with E-state index in [1.165, 1.54) is 29.9 Å². The topological polar surface area (TPSA) is 81.9 Å². The zero-order valence-electron chi connectivity index (χ0n) is 16.4. The Morgan fingerprint density at radius 3 is 2.52 bits per heavy atom. The van der Waals surface area contributed by atoms with Crippen LogP contribution < -0.4 is 10.1 Å². The standard InChI is InChI=1S/C21H16F3N5O2/c1-12(30)26-15-6-8-16(9-7-15)31-20-17-11-25-29(2)19(17)27-18(28-20)13-4-3-5-14(10-13)21(22,23)24/h3-11H,1-2H3,(H,26,30). The highest BCUT2D eigenvalue weighted by Gasteiger charge is 2.30. The average molecular weight is 427 g/mol. The number of anilines is 1. The third-order valence-corrected chi connectivity index (χ3v) is 4.39. The molecule has 1 amide bonds. The van der Waals surface area contributed by atoms with Crippen LogP contribution in [0.4, 0.5) is 18.9 Å². The molecule has 0 spiro atoms. The summed E-state index contributed by atoms with van der Waals surface area (Å²) >= 11 is 0. The normalized spacial score (nSPS) is 11.5. The Labute approximate surface area is 174 Å². The second kappa shape index (κ2) is 7.71. The minimum atomic E-state index is -4.48. The molecule has 0 unspecified atom stereocenters. The first-order valence-corrected chi connectivity index (χ1v) is 9.13. The molecule has 0 fully saturated rings. The van der Waals surface area contributed by atoms with E-state index >= 15 is 0 Å². The number of fused-ring (bicyclic) bond motifs is 1. The highest BCUT2D eigenvalue weighted by atomic mass is 19.4. The number of halogens is 3. The van der Waals surface area contributed by atoms with Gasteiger partial charge in [-0.05, 0) is 36.4 Å². The number of rotatable bonds is 4. The summed E-state index contributed by atoms with van der Waals surface area (Å²) in [4.78, 5) is 19.9. The van der Waals surface area contributed by atoms with Gasteiger partial charge < -0.3 is 10.1 Å². The van der Waals surface area contributed by atoms with Gasteiger partial charge in [0.25, 0.3) is 0 Å². The molecule has 158 valence electrons. The Bertz CT molecular complexity index is 1270. The molecule has 0 aliphatic heterocycles. The molecule has 2 aromatic heterocycles. The molecule has 0 bridgehead atoms. The molecule has 2 heterocycles. The molecule has 2 aromatic carbocycles. The van der Waals surface area contributed by atoms with Crippen LogP contribution in [0, 0.1) is 0 Å². The van der Waals surface area contributed by atoms with Crippen LogP contribution in [0.25, 0.3) is 22.4 Å². The van der Waals surface area contributed by atoms with Gasteiger partial charge in [0.2, 0.25) is 11.8 Å². The lowest BCUT2D eigenvalue weighted by Crippen LogP contribution is -2.05. The van der Waals surface area contributed by atoms with Crippen molar-refractivity contribution in [3.63, 3.8) is 0 Å². The Balaban J connectivity index is 1.75. The van der Waals surface area contributed by atoms with Gasteiger partial charge in [0, 0.05) is 25.2 Å². The van der Waals surface area contributed by atoms with Crippen molar-refractivity contribution in [2.75, 3.05) is 5.32 Å². The highest BCUT2D eigenvalue weighted by Crippen LogP contribution is 2.34. The summed E-state index contributed by atoms with van der Waals surface area (Å²) in [6.45, 7) is 1.40. The number of carbonyl (C=O) groups is 1. The molecule has 7 nitrogen and oxygen atoms in total. The molecule has 0 saturated heterocycles. The monoisotopic (exact) mass is 427 g/mol. The number of aryl methyl sites for hydroxylation is 1. The van der Waals surface area contributed by atoms with Crippen LogP contribution in [0.5, 0.6) is 11.6 Å². The number of hydrogen-bond donors (Lipinski definition) is 1. The lowest BCUT2D eigenvalue weighted by atomic mass is 10.1. The Kier molecular flexibility index (Phi) is 5.05. The van der Waals surface area contributed by atoms with E-state index in [1.807, 2.05) is 0 Å². The fraction of sp³-hybridized carbons (Fsp3) is 0.143. The van der Waals surface area contributed by atoms with Crippen molar-refractivity contribution in [3.05, 3.63) is 60.3 Å². The largest absolute Gasteiger partial charge is 0.438 e. The summed E-state index contributed by atoms with van der Waals surface area (Å²) in [5.41, 5.74) is 0.407. The van der Waals surface area contributed by atoms with Gasteiger partial charge in [0.05, 0.1) is 11.8 Å². The molecule has 0 atom stereocenters. The number of nitrogens with zero attached hydrogens (tertiary/aromatic N) is 4. The number of hydrogen-bond acceptors (Lipinski definition) is 5. The van der Waals surface area contributed by atoms with E-state index in [4.69, 9.17) is 4.74 Å². The fourth-order valence-corrected chi connectivity index (χ4v) is 2.96. The summed E-state index contributed by atoms with van der Waals surface area (Å²) in [5, 5.41) is 7.30. The lowest BCUT2D eigenvalue weighted by Gasteiger charge is -2.11. The summed E-state index contributed by atoms with van der Waals surface area (Å²) < 4.78 is 46.7. The van der Waals surface area contributed by atoms with Crippen LogP contribution in [-0.4, -0.2) is 25.7 Å². The summed E-state index contributed by atoms with van der Waals surface area (Å²) in [6, 6.07) is 11.4. The Hall–Kier alpha value is -3.95. The molecule has 1 N–H and O–H groups in total. The molecular formula is C21H16F3N5O2. The molecule has 10 heteroatoms. The number of benzene rings is 2. The SMILES string of the molecule is CC(=O)Nc1ccc(Oc2nc(-c3cccc(C(F)(F)F)c3)nc3c2cnn3C)cc1. The van der Waals surface area contributed by atoms with Gasteiger partial charge in [-0.3, -0.25) is 9.48 Å². The minimum Gasteiger partial charge on any atom is -0.438 e. The summed E-state index contributed by atoms with van der Waals surface area (Å²) in [5.74, 6) is 0.449. The van der Waals surface area contributed by atoms with Gasteiger partial charge in [-0.1, -0.05) is 12.1 Å². The first kappa shape index (κ1) is 20.3. The molecule has 4 rings (SSSR count). The van der Waals surface area contributed by atoms with E-state index < -0.39 is 11.7 Å². The van der Waals surface area contributed by atoms with Crippen LogP contribution in [0.15, 0.2) is 54.7 Å². The zero-order valence-corrected chi connectivity index (χ0v) is 16.4. The second-order valence-corrected chi connectivity index (χ2v) is 6.74. The number of ether oxygens (including phenoxy) is 1. The van der Waals surface area contributed by atoms with E-state index in [9.17, 15) is 18.0 Å². The van der Waals surface area contributed by atoms with Crippen molar-refractivity contribution in [1.29, 1.82) is 0 Å². The van der Waals surface area contributed by atoms with Crippen LogP contribution in [-0.2, 0) is 18.0 Å². The number of amides is 1. The van der Waals surface area contributed by atoms with Crippen LogP contribution >= 0.6 is 0 Å². The number of aromatic nitrogens is 4. The molecule has 0 aliphatic carbocycles. The van der Waals surface area contributed by atoms with Crippen molar-refractivity contribution in [3.8, 4) is 23.0 Å². The lowest BCUT2D eigenvalue weighted by molar-refractivity contribution is -0.137. The summed E-state index contributed by atoms with van der Waals surface area (Å²) in [7, 11) is 1.66. The maximum Gasteiger partial charge on any atom is 0.416 e. The zero-order chi connectivity index (χ0) is 22.2. The summed E-state index contributed by atoms with van der Waals surface area (Å²) in [6.07, 6.45) is -2.96. The van der Waals surface area contributed by atoms with Crippen molar-refractivity contribution in [2.24, 2.45) is 7.05 Å². The maximum absolute atomic E-state index is 13.1. The van der Waals surface area contributed by atoms with Crippen LogP contribution in [0.1, 0.15) is 12.5 Å². The first-order valence-electron chi connectivity index (χ1n) is 9.13. The average Bonchev–Trinajstić information content (AvgIpc) is 3.10. The molecule has 31 heavy (non-hydrogen) atoms. The van der Waals surface area contributed by atoms with E-state index in [0.29, 0.717) is 22.5 Å². The van der Waals surface area contributed by atoms with E-state index in [1.54, 1.807) is 31.3 Å². The highest BCUT2D eigenvalue weighted by molar-refractivity contribution is 5.88. The molecule has 4 aromatic rings. The smallest absolute Gasteiger partial charge is 0.416 e. The molecule has 0 saturated carbocycles. The van der Waals surface area contributed by atoms with Gasteiger partial charge in [-0.25, -0.2) is 4.98 Å². The van der Waals surface area contributed by atoms with E-state index in [-0.39, 0.29) is 23.2 Å². The predicted octanol–water partition coefficient (Wildman–Crippen LogP) is 4.80. The van der Waals surface area contributed by atoms with E-state index in [0.717, 1.165) is 12.1 Å². The van der Waals surface area contributed by atoms with E-state index in [2.05, 4.69) is 20.4 Å². The molecule has 0 aliphatic rings. The molecule has 0 radical (unpaired) electrons. The first-order chi connectivity index (χ1) is 14.7. The van der Waals surface area contributed by atoms with Gasteiger partial charge in [-0.2, -0.15) is 23.3 Å². The third kappa shape index (κ3) is 4.32. The van der Waals surface area contributed by atoms with Crippen molar-refractivity contribution < 1.29 is 22.7 Å². The van der Waals surface area contributed by atoms with Crippen molar-refractivity contribution >= 4 is 22.6 Å². The van der Waals surface area contributed by atoms with Crippen LogP contribution in [0.2, 0.25) is 0 Å². The predicted molar refractivity (Wildman–Crippen MR) is 108 cm³/mol. The minimum absolute atomic E-state index is 0.0760. The fourth-order valence-electron chi connectivity index (χ4n) is 2.96. The van der Waals surface area contributed by atoms with Crippen LogP contribution in [0.3, 0.4) is 0 Å². The van der Waals surface area contributed by atoms with Gasteiger partial charge in [0.1, 0.15) is 11.1 Å². The van der Waals surface area contributed by atoms with Gasteiger partial charge >= 0.3 is 6.18 Å².